The Balaban J connectivity index is 2.74. The van der Waals surface area contributed by atoms with E-state index in [1.807, 2.05) is 20.8 Å². The van der Waals surface area contributed by atoms with Crippen LogP contribution in [0.25, 0.3) is 0 Å². The van der Waals surface area contributed by atoms with Crippen LogP contribution in [0.4, 0.5) is 0 Å². The molecule has 1 rings (SSSR count). The van der Waals surface area contributed by atoms with Crippen molar-refractivity contribution in [3.05, 3.63) is 29.3 Å². The highest BCUT2D eigenvalue weighted by atomic mass is 35.5. The molecule has 0 amide bonds. The Hall–Kier alpha value is -0.780. The summed E-state index contributed by atoms with van der Waals surface area (Å²) in [5, 5.41) is 5.70. The van der Waals surface area contributed by atoms with Crippen LogP contribution in [0.5, 0.6) is 5.75 Å². The van der Waals surface area contributed by atoms with E-state index in [1.54, 1.807) is 24.3 Å². The van der Waals surface area contributed by atoms with E-state index in [-0.39, 0.29) is 23.7 Å². The predicted octanol–water partition coefficient (Wildman–Crippen LogP) is 2.67. The van der Waals surface area contributed by atoms with Crippen molar-refractivity contribution in [2.24, 2.45) is 16.5 Å². The molecule has 0 saturated carbocycles. The first-order valence-corrected chi connectivity index (χ1v) is 8.06. The van der Waals surface area contributed by atoms with Gasteiger partial charge in [0.05, 0.1) is 12.4 Å². The maximum absolute atomic E-state index is 11.3. The fraction of sp³-hybridized carbons (Fsp3) is 0.538. The molecule has 0 bridgehead atoms. The second kappa shape index (κ2) is 6.11. The minimum atomic E-state index is -3.53. The second-order valence-corrected chi connectivity index (χ2v) is 7.76. The van der Waals surface area contributed by atoms with E-state index in [0.29, 0.717) is 10.8 Å². The first kappa shape index (κ1) is 16.3. The van der Waals surface area contributed by atoms with Crippen LogP contribution in [-0.4, -0.2) is 20.8 Å². The predicted molar refractivity (Wildman–Crippen MR) is 77.9 cm³/mol. The van der Waals surface area contributed by atoms with Crippen LogP contribution in [0, 0.1) is 11.3 Å². The molecule has 0 spiro atoms. The summed E-state index contributed by atoms with van der Waals surface area (Å²) in [6.07, 6.45) is 0. The number of hydrogen-bond donors (Lipinski definition) is 1. The van der Waals surface area contributed by atoms with E-state index >= 15 is 0 Å². The molecule has 4 nitrogen and oxygen atoms in total. The third-order valence-electron chi connectivity index (χ3n) is 2.91. The lowest BCUT2D eigenvalue weighted by molar-refractivity contribution is 0.163. The molecule has 0 aliphatic rings. The van der Waals surface area contributed by atoms with Gasteiger partial charge in [0.1, 0.15) is 5.75 Å². The zero-order valence-corrected chi connectivity index (χ0v) is 13.0. The van der Waals surface area contributed by atoms with E-state index in [4.69, 9.17) is 21.5 Å². The van der Waals surface area contributed by atoms with E-state index in [0.717, 1.165) is 0 Å². The maximum atomic E-state index is 11.3. The lowest BCUT2D eigenvalue weighted by Gasteiger charge is -2.29. The molecule has 1 atom stereocenters. The van der Waals surface area contributed by atoms with Gasteiger partial charge in [-0.25, -0.2) is 13.6 Å². The highest BCUT2D eigenvalue weighted by Crippen LogP contribution is 2.28. The lowest BCUT2D eigenvalue weighted by atomic mass is 9.82. The number of rotatable bonds is 5. The Labute approximate surface area is 120 Å². The van der Waals surface area contributed by atoms with Gasteiger partial charge >= 0.3 is 0 Å². The first-order chi connectivity index (χ1) is 8.58. The summed E-state index contributed by atoms with van der Waals surface area (Å²) in [6.45, 7) is 6.17. The topological polar surface area (TPSA) is 69.4 Å². The average molecular weight is 306 g/mol. The van der Waals surface area contributed by atoms with Gasteiger partial charge in [-0.1, -0.05) is 38.4 Å². The minimum absolute atomic E-state index is 0.100. The summed E-state index contributed by atoms with van der Waals surface area (Å²) in [5.41, 5.74) is -0.217. The van der Waals surface area contributed by atoms with E-state index in [2.05, 4.69) is 0 Å². The fourth-order valence-electron chi connectivity index (χ4n) is 1.58. The average Bonchev–Trinajstić information content (AvgIpc) is 2.21. The van der Waals surface area contributed by atoms with Crippen LogP contribution in [0.3, 0.4) is 0 Å². The smallest absolute Gasteiger partial charge is 0.209 e. The second-order valence-electron chi connectivity index (χ2n) is 5.66. The Morgan fingerprint density at radius 2 is 2.00 bits per heavy atom. The monoisotopic (exact) mass is 305 g/mol. The summed E-state index contributed by atoms with van der Waals surface area (Å²) in [4.78, 5) is 0. The van der Waals surface area contributed by atoms with Gasteiger partial charge in [-0.15, -0.1) is 0 Å². The Kier molecular flexibility index (Phi) is 5.24. The van der Waals surface area contributed by atoms with Crippen molar-refractivity contribution in [2.75, 3.05) is 12.4 Å². The normalized spacial score (nSPS) is 14.2. The molecule has 2 N–H and O–H groups in total. The van der Waals surface area contributed by atoms with Crippen molar-refractivity contribution < 1.29 is 13.2 Å². The summed E-state index contributed by atoms with van der Waals surface area (Å²) in [6, 6.07) is 7.00. The molecule has 0 radical (unpaired) electrons. The molecule has 108 valence electrons. The van der Waals surface area contributed by atoms with Crippen molar-refractivity contribution in [1.29, 1.82) is 0 Å². The minimum Gasteiger partial charge on any atom is -0.493 e. The molecule has 0 fully saturated rings. The van der Waals surface area contributed by atoms with Gasteiger partial charge in [0.25, 0.3) is 0 Å². The number of benzene rings is 1. The van der Waals surface area contributed by atoms with Gasteiger partial charge in [-0.05, 0) is 23.6 Å². The zero-order chi connectivity index (χ0) is 14.7. The molecule has 1 aromatic carbocycles. The van der Waals surface area contributed by atoms with Crippen LogP contribution in [0.1, 0.15) is 20.8 Å². The van der Waals surface area contributed by atoms with Gasteiger partial charge < -0.3 is 4.74 Å². The van der Waals surface area contributed by atoms with Gasteiger partial charge in [0.2, 0.25) is 10.0 Å². The Morgan fingerprint density at radius 1 is 1.37 bits per heavy atom. The largest absolute Gasteiger partial charge is 0.493 e. The lowest BCUT2D eigenvalue weighted by Crippen LogP contribution is -2.35. The van der Waals surface area contributed by atoms with Crippen molar-refractivity contribution >= 4 is 21.6 Å². The number of halogens is 1. The van der Waals surface area contributed by atoms with Crippen LogP contribution in [0.15, 0.2) is 24.3 Å². The molecule has 0 heterocycles. The standard InChI is InChI=1S/C13H20ClNO3S/c1-13(2,3)10(9-19(15,16)17)8-18-12-6-4-5-11(14)7-12/h4-7,10H,8-9H2,1-3H3,(H2,15,16,17). The number of sulfonamides is 1. The first-order valence-electron chi connectivity index (χ1n) is 5.97. The van der Waals surface area contributed by atoms with Crippen molar-refractivity contribution in [3.8, 4) is 5.75 Å². The molecule has 1 aromatic rings. The highest BCUT2D eigenvalue weighted by molar-refractivity contribution is 7.89. The molecule has 0 aromatic heterocycles. The van der Waals surface area contributed by atoms with Gasteiger partial charge in [0, 0.05) is 10.9 Å². The van der Waals surface area contributed by atoms with E-state index < -0.39 is 10.0 Å². The molecule has 0 aliphatic carbocycles. The van der Waals surface area contributed by atoms with Gasteiger partial charge in [0.15, 0.2) is 0 Å². The van der Waals surface area contributed by atoms with Crippen molar-refractivity contribution in [2.45, 2.75) is 20.8 Å². The van der Waals surface area contributed by atoms with E-state index in [9.17, 15) is 8.42 Å². The van der Waals surface area contributed by atoms with Crippen LogP contribution >= 0.6 is 11.6 Å². The molecule has 19 heavy (non-hydrogen) atoms. The Morgan fingerprint density at radius 3 is 2.47 bits per heavy atom. The zero-order valence-electron chi connectivity index (χ0n) is 11.4. The van der Waals surface area contributed by atoms with Crippen molar-refractivity contribution in [3.63, 3.8) is 0 Å². The molecule has 0 aliphatic heterocycles. The SMILES string of the molecule is CC(C)(C)C(COc1cccc(Cl)c1)CS(N)(=O)=O. The van der Waals surface area contributed by atoms with Gasteiger partial charge in [-0.2, -0.15) is 0 Å². The van der Waals surface area contributed by atoms with Gasteiger partial charge in [-0.3, -0.25) is 0 Å². The quantitative estimate of drug-likeness (QED) is 0.909. The molecule has 6 heteroatoms. The number of nitrogens with two attached hydrogens (primary N) is 1. The molecule has 0 saturated heterocycles. The summed E-state index contributed by atoms with van der Waals surface area (Å²) in [5.74, 6) is 0.328. The van der Waals surface area contributed by atoms with E-state index in [1.165, 1.54) is 0 Å². The third kappa shape index (κ3) is 6.27. The van der Waals surface area contributed by atoms with Crippen LogP contribution in [-0.2, 0) is 10.0 Å². The van der Waals surface area contributed by atoms with Crippen molar-refractivity contribution in [1.82, 2.24) is 0 Å². The molecular formula is C13H20ClNO3S. The summed E-state index contributed by atoms with van der Waals surface area (Å²) in [7, 11) is -3.53. The number of hydrogen-bond acceptors (Lipinski definition) is 3. The van der Waals surface area contributed by atoms with Crippen LogP contribution < -0.4 is 9.88 Å². The highest BCUT2D eigenvalue weighted by Gasteiger charge is 2.29. The summed E-state index contributed by atoms with van der Waals surface area (Å²) < 4.78 is 28.1. The number of primary sulfonamides is 1. The Bertz CT molecular complexity index is 523. The molecular weight excluding hydrogens is 286 g/mol. The fourth-order valence-corrected chi connectivity index (χ4v) is 2.92. The molecule has 1 unspecified atom stereocenters. The maximum Gasteiger partial charge on any atom is 0.209 e. The summed E-state index contributed by atoms with van der Waals surface area (Å²) >= 11 is 5.86. The van der Waals surface area contributed by atoms with Crippen LogP contribution in [0.2, 0.25) is 5.02 Å². The number of ether oxygens (including phenoxy) is 1. The third-order valence-corrected chi connectivity index (χ3v) is 4.01.